The molecule has 1 aromatic carbocycles. The second kappa shape index (κ2) is 6.74. The topological polar surface area (TPSA) is 20.3 Å². The van der Waals surface area contributed by atoms with E-state index in [-0.39, 0.29) is 6.04 Å². The maximum absolute atomic E-state index is 12.2. The maximum atomic E-state index is 12.2. The van der Waals surface area contributed by atoms with Crippen LogP contribution >= 0.6 is 0 Å². The van der Waals surface area contributed by atoms with Gasteiger partial charge in [-0.25, -0.2) is 0 Å². The lowest BCUT2D eigenvalue weighted by Crippen LogP contribution is -2.28. The molecule has 20 heavy (non-hydrogen) atoms. The van der Waals surface area contributed by atoms with Gasteiger partial charge < -0.3 is 4.90 Å². The van der Waals surface area contributed by atoms with Crippen LogP contribution in [0.3, 0.4) is 0 Å². The van der Waals surface area contributed by atoms with Gasteiger partial charge in [-0.15, -0.1) is 6.58 Å². The standard InChI is InChI=1S/C18H25NO/c1-4-8-14(2)11-16-12-18(20)19(13-16)15(3)17-9-6-5-7-10-17/h4-7,9-10,14-16H,1,8,11-13H2,2-3H3/t14?,15-,16+/m1/s1. The normalized spacial score (nSPS) is 21.8. The van der Waals surface area contributed by atoms with Crippen molar-refractivity contribution in [2.75, 3.05) is 6.54 Å². The molecule has 3 atom stereocenters. The maximum Gasteiger partial charge on any atom is 0.223 e. The Kier molecular flexibility index (Phi) is 4.99. The average molecular weight is 271 g/mol. The number of carbonyl (C=O) groups excluding carboxylic acids is 1. The molecule has 1 aliphatic rings. The highest BCUT2D eigenvalue weighted by Crippen LogP contribution is 2.31. The first kappa shape index (κ1) is 14.8. The van der Waals surface area contributed by atoms with Gasteiger partial charge in [0.15, 0.2) is 0 Å². The van der Waals surface area contributed by atoms with Crippen LogP contribution in [0.2, 0.25) is 0 Å². The molecule has 0 radical (unpaired) electrons. The molecule has 1 heterocycles. The zero-order valence-corrected chi connectivity index (χ0v) is 12.6. The summed E-state index contributed by atoms with van der Waals surface area (Å²) >= 11 is 0. The van der Waals surface area contributed by atoms with Gasteiger partial charge in [0.25, 0.3) is 0 Å². The summed E-state index contributed by atoms with van der Waals surface area (Å²) in [6.45, 7) is 9.07. The van der Waals surface area contributed by atoms with E-state index in [0.29, 0.717) is 24.2 Å². The van der Waals surface area contributed by atoms with Crippen LogP contribution in [0.1, 0.15) is 44.7 Å². The van der Waals surface area contributed by atoms with E-state index in [2.05, 4.69) is 32.6 Å². The summed E-state index contributed by atoms with van der Waals surface area (Å²) in [5.74, 6) is 1.43. The predicted octanol–water partition coefficient (Wildman–Crippen LogP) is 4.20. The quantitative estimate of drug-likeness (QED) is 0.710. The van der Waals surface area contributed by atoms with Gasteiger partial charge >= 0.3 is 0 Å². The molecule has 0 N–H and O–H groups in total. The number of amides is 1. The van der Waals surface area contributed by atoms with E-state index in [1.54, 1.807) is 0 Å². The second-order valence-electron chi connectivity index (χ2n) is 6.07. The second-order valence-corrected chi connectivity index (χ2v) is 6.07. The number of benzene rings is 1. The number of allylic oxidation sites excluding steroid dienone is 1. The summed E-state index contributed by atoms with van der Waals surface area (Å²) in [5.41, 5.74) is 1.22. The van der Waals surface area contributed by atoms with Crippen LogP contribution in [0.5, 0.6) is 0 Å². The van der Waals surface area contributed by atoms with Crippen LogP contribution in [-0.2, 0) is 4.79 Å². The zero-order valence-electron chi connectivity index (χ0n) is 12.6. The minimum Gasteiger partial charge on any atom is -0.336 e. The van der Waals surface area contributed by atoms with Crippen molar-refractivity contribution in [2.45, 2.75) is 39.2 Å². The summed E-state index contributed by atoms with van der Waals surface area (Å²) < 4.78 is 0. The molecule has 2 nitrogen and oxygen atoms in total. The highest BCUT2D eigenvalue weighted by Gasteiger charge is 2.33. The van der Waals surface area contributed by atoms with Gasteiger partial charge in [0.1, 0.15) is 0 Å². The fourth-order valence-corrected chi connectivity index (χ4v) is 3.20. The van der Waals surface area contributed by atoms with Crippen molar-refractivity contribution in [3.8, 4) is 0 Å². The molecule has 2 rings (SSSR count). The van der Waals surface area contributed by atoms with Gasteiger partial charge in [-0.3, -0.25) is 4.79 Å². The van der Waals surface area contributed by atoms with E-state index in [4.69, 9.17) is 0 Å². The van der Waals surface area contributed by atoms with Crippen LogP contribution in [0.4, 0.5) is 0 Å². The Morgan fingerprint density at radius 1 is 1.35 bits per heavy atom. The van der Waals surface area contributed by atoms with Gasteiger partial charge in [0, 0.05) is 13.0 Å². The van der Waals surface area contributed by atoms with Crippen molar-refractivity contribution in [2.24, 2.45) is 11.8 Å². The molecule has 1 aliphatic heterocycles. The van der Waals surface area contributed by atoms with E-state index in [0.717, 1.165) is 19.4 Å². The molecule has 1 aromatic rings. The summed E-state index contributed by atoms with van der Waals surface area (Å²) in [6, 6.07) is 10.5. The molecule has 0 saturated carbocycles. The van der Waals surface area contributed by atoms with Crippen LogP contribution in [0.25, 0.3) is 0 Å². The van der Waals surface area contributed by atoms with Crippen LogP contribution in [0.15, 0.2) is 43.0 Å². The number of nitrogens with zero attached hydrogens (tertiary/aromatic N) is 1. The molecular formula is C18H25NO. The number of carbonyl (C=O) groups is 1. The van der Waals surface area contributed by atoms with Gasteiger partial charge in [-0.1, -0.05) is 43.3 Å². The first-order valence-corrected chi connectivity index (χ1v) is 7.57. The van der Waals surface area contributed by atoms with E-state index >= 15 is 0 Å². The van der Waals surface area contributed by atoms with E-state index < -0.39 is 0 Å². The Labute approximate surface area is 122 Å². The molecule has 0 aliphatic carbocycles. The van der Waals surface area contributed by atoms with Gasteiger partial charge in [0.05, 0.1) is 6.04 Å². The molecule has 1 amide bonds. The van der Waals surface area contributed by atoms with Gasteiger partial charge in [-0.05, 0) is 37.2 Å². The SMILES string of the molecule is C=CCC(C)C[C@H]1CC(=O)N([C@H](C)c2ccccc2)C1. The number of hydrogen-bond donors (Lipinski definition) is 0. The summed E-state index contributed by atoms with van der Waals surface area (Å²) in [4.78, 5) is 14.3. The molecule has 1 fully saturated rings. The lowest BCUT2D eigenvalue weighted by atomic mass is 9.93. The Morgan fingerprint density at radius 3 is 2.70 bits per heavy atom. The highest BCUT2D eigenvalue weighted by atomic mass is 16.2. The average Bonchev–Trinajstić information content (AvgIpc) is 2.80. The molecule has 2 heteroatoms. The third kappa shape index (κ3) is 3.50. The largest absolute Gasteiger partial charge is 0.336 e. The van der Waals surface area contributed by atoms with Gasteiger partial charge in [0.2, 0.25) is 5.91 Å². The number of rotatable bonds is 6. The van der Waals surface area contributed by atoms with Crippen molar-refractivity contribution in [1.82, 2.24) is 4.90 Å². The fourth-order valence-electron chi connectivity index (χ4n) is 3.20. The van der Waals surface area contributed by atoms with Crippen molar-refractivity contribution >= 4 is 5.91 Å². The minimum absolute atomic E-state index is 0.184. The summed E-state index contributed by atoms with van der Waals surface area (Å²) in [7, 11) is 0. The van der Waals surface area contributed by atoms with E-state index in [9.17, 15) is 4.79 Å². The van der Waals surface area contributed by atoms with Crippen molar-refractivity contribution < 1.29 is 4.79 Å². The van der Waals surface area contributed by atoms with Gasteiger partial charge in [-0.2, -0.15) is 0 Å². The predicted molar refractivity (Wildman–Crippen MR) is 83.3 cm³/mol. The number of likely N-dealkylation sites (tertiary alicyclic amines) is 1. The Balaban J connectivity index is 1.97. The third-order valence-electron chi connectivity index (χ3n) is 4.29. The van der Waals surface area contributed by atoms with Crippen LogP contribution in [-0.4, -0.2) is 17.4 Å². The first-order valence-electron chi connectivity index (χ1n) is 7.57. The van der Waals surface area contributed by atoms with Crippen LogP contribution in [0, 0.1) is 11.8 Å². The first-order chi connectivity index (χ1) is 9.61. The fraction of sp³-hybridized carbons (Fsp3) is 0.500. The Hall–Kier alpha value is -1.57. The third-order valence-corrected chi connectivity index (χ3v) is 4.29. The number of hydrogen-bond acceptors (Lipinski definition) is 1. The molecule has 1 unspecified atom stereocenters. The molecule has 0 aromatic heterocycles. The lowest BCUT2D eigenvalue weighted by molar-refractivity contribution is -0.129. The van der Waals surface area contributed by atoms with Crippen molar-refractivity contribution in [1.29, 1.82) is 0 Å². The van der Waals surface area contributed by atoms with Crippen molar-refractivity contribution in [3.63, 3.8) is 0 Å². The monoisotopic (exact) mass is 271 g/mol. The van der Waals surface area contributed by atoms with E-state index in [1.165, 1.54) is 5.56 Å². The van der Waals surface area contributed by atoms with Crippen molar-refractivity contribution in [3.05, 3.63) is 48.6 Å². The molecule has 0 spiro atoms. The molecule has 108 valence electrons. The van der Waals surface area contributed by atoms with E-state index in [1.807, 2.05) is 29.2 Å². The van der Waals surface area contributed by atoms with Crippen LogP contribution < -0.4 is 0 Å². The summed E-state index contributed by atoms with van der Waals surface area (Å²) in [5, 5.41) is 0. The summed E-state index contributed by atoms with van der Waals surface area (Å²) in [6.07, 6.45) is 4.85. The zero-order chi connectivity index (χ0) is 14.5. The lowest BCUT2D eigenvalue weighted by Gasteiger charge is -2.25. The molecular weight excluding hydrogens is 246 g/mol. The molecule has 0 bridgehead atoms. The Bertz CT molecular complexity index is 454. The highest BCUT2D eigenvalue weighted by molar-refractivity contribution is 5.79. The Morgan fingerprint density at radius 2 is 2.05 bits per heavy atom. The minimum atomic E-state index is 0.184. The molecule has 1 saturated heterocycles. The smallest absolute Gasteiger partial charge is 0.223 e.